The first-order chi connectivity index (χ1) is 14.5. The van der Waals surface area contributed by atoms with E-state index in [1.54, 1.807) is 25.6 Å². The van der Waals surface area contributed by atoms with Gasteiger partial charge in [-0.2, -0.15) is 0 Å². The first-order valence-electron chi connectivity index (χ1n) is 9.53. The van der Waals surface area contributed by atoms with Gasteiger partial charge in [-0.1, -0.05) is 15.9 Å². The first-order valence-corrected chi connectivity index (χ1v) is 10.3. The van der Waals surface area contributed by atoms with Crippen LogP contribution in [0, 0.1) is 6.92 Å². The zero-order valence-corrected chi connectivity index (χ0v) is 18.3. The summed E-state index contributed by atoms with van der Waals surface area (Å²) in [5.41, 5.74) is 2.22. The number of halogens is 1. The maximum absolute atomic E-state index is 12.9. The summed E-state index contributed by atoms with van der Waals surface area (Å²) in [4.78, 5) is 17.1. The highest BCUT2D eigenvalue weighted by Crippen LogP contribution is 2.25. The lowest BCUT2D eigenvalue weighted by Crippen LogP contribution is -2.45. The van der Waals surface area contributed by atoms with E-state index in [9.17, 15) is 4.79 Å². The molecule has 1 amide bonds. The molecule has 30 heavy (non-hydrogen) atoms. The van der Waals surface area contributed by atoms with Crippen LogP contribution in [-0.2, 0) is 4.74 Å². The molecule has 7 nitrogen and oxygen atoms in total. The van der Waals surface area contributed by atoms with E-state index in [1.165, 1.54) is 0 Å². The van der Waals surface area contributed by atoms with Crippen molar-refractivity contribution < 1.29 is 19.0 Å². The highest BCUT2D eigenvalue weighted by Gasteiger charge is 2.32. The molecular formula is C22H22BrN3O4. The summed E-state index contributed by atoms with van der Waals surface area (Å²) < 4.78 is 19.9. The topological polar surface area (TPSA) is 74.6 Å². The monoisotopic (exact) mass is 471 g/mol. The molecule has 1 saturated heterocycles. The summed E-state index contributed by atoms with van der Waals surface area (Å²) in [5, 5.41) is 3.02. The Labute approximate surface area is 183 Å². The molecule has 0 spiro atoms. The van der Waals surface area contributed by atoms with Gasteiger partial charge in [0.2, 0.25) is 0 Å². The lowest BCUT2D eigenvalue weighted by Gasteiger charge is -2.21. The minimum atomic E-state index is -0.259. The lowest BCUT2D eigenvalue weighted by atomic mass is 10.1. The van der Waals surface area contributed by atoms with Crippen LogP contribution in [-0.4, -0.2) is 47.9 Å². The van der Waals surface area contributed by atoms with E-state index >= 15 is 0 Å². The number of carbonyl (C=O) groups excluding carboxylic acids is 1. The molecule has 2 atom stereocenters. The minimum Gasteiger partial charge on any atom is -0.495 e. The first kappa shape index (κ1) is 20.4. The van der Waals surface area contributed by atoms with E-state index in [2.05, 4.69) is 26.2 Å². The number of amides is 1. The van der Waals surface area contributed by atoms with Gasteiger partial charge in [-0.25, -0.2) is 4.98 Å². The van der Waals surface area contributed by atoms with Crippen LogP contribution < -0.4 is 14.8 Å². The number of rotatable bonds is 6. The van der Waals surface area contributed by atoms with Gasteiger partial charge >= 0.3 is 0 Å². The second-order valence-corrected chi connectivity index (χ2v) is 7.95. The largest absolute Gasteiger partial charge is 0.495 e. The number of aryl methyl sites for hydroxylation is 1. The third kappa shape index (κ3) is 4.49. The number of hydrogen-bond acceptors (Lipinski definition) is 5. The Morgan fingerprint density at radius 2 is 2.03 bits per heavy atom. The van der Waals surface area contributed by atoms with Crippen molar-refractivity contribution in [2.45, 2.75) is 19.1 Å². The highest BCUT2D eigenvalue weighted by atomic mass is 79.9. The fourth-order valence-electron chi connectivity index (χ4n) is 3.31. The average Bonchev–Trinajstić information content (AvgIpc) is 3.38. The molecule has 2 aromatic carbocycles. The molecule has 1 aromatic heterocycles. The van der Waals surface area contributed by atoms with Gasteiger partial charge in [-0.3, -0.25) is 4.79 Å². The Hall–Kier alpha value is -2.84. The van der Waals surface area contributed by atoms with Gasteiger partial charge in [-0.05, 0) is 49.4 Å². The van der Waals surface area contributed by atoms with Crippen molar-refractivity contribution in [3.63, 3.8) is 0 Å². The average molecular weight is 472 g/mol. The van der Waals surface area contributed by atoms with Crippen LogP contribution in [0.2, 0.25) is 0 Å². The van der Waals surface area contributed by atoms with Crippen molar-refractivity contribution in [1.29, 1.82) is 0 Å². The fourth-order valence-corrected chi connectivity index (χ4v) is 3.57. The lowest BCUT2D eigenvalue weighted by molar-refractivity contribution is 0.0904. The summed E-state index contributed by atoms with van der Waals surface area (Å²) in [6, 6.07) is 12.7. The normalized spacial score (nSPS) is 18.2. The van der Waals surface area contributed by atoms with Crippen LogP contribution in [0.15, 0.2) is 59.5 Å². The molecule has 2 heterocycles. The second-order valence-electron chi connectivity index (χ2n) is 7.04. The minimum absolute atomic E-state index is 0.207. The summed E-state index contributed by atoms with van der Waals surface area (Å²) in [6.07, 6.45) is 3.36. The van der Waals surface area contributed by atoms with Crippen LogP contribution in [0.4, 0.5) is 0 Å². The molecule has 1 N–H and O–H groups in total. The predicted octanol–water partition coefficient (Wildman–Crippen LogP) is 3.53. The summed E-state index contributed by atoms with van der Waals surface area (Å²) in [7, 11) is 1.58. The summed E-state index contributed by atoms with van der Waals surface area (Å²) >= 11 is 3.41. The number of methoxy groups -OCH3 is 1. The van der Waals surface area contributed by atoms with Crippen LogP contribution in [0.5, 0.6) is 11.5 Å². The zero-order chi connectivity index (χ0) is 21.1. The molecule has 0 aliphatic carbocycles. The predicted molar refractivity (Wildman–Crippen MR) is 115 cm³/mol. The Bertz CT molecular complexity index is 1040. The molecule has 1 aliphatic rings. The van der Waals surface area contributed by atoms with Gasteiger partial charge in [-0.15, -0.1) is 0 Å². The number of carbonyl (C=O) groups is 1. The third-order valence-corrected chi connectivity index (χ3v) is 5.41. The van der Waals surface area contributed by atoms with Gasteiger partial charge in [0.1, 0.15) is 17.6 Å². The standard InChI is InChI=1S/C22H22BrN3O4/c1-14-10-26(13-24-14)19-8-3-15(9-20(19)28-2)22(27)25-18-11-29-12-21(18)30-17-6-4-16(23)5-7-17/h3-10,13,18,21H,11-12H2,1-2H3,(H,25,27)/t18-,21+/m1/s1. The molecule has 0 saturated carbocycles. The number of nitrogens with zero attached hydrogens (tertiary/aromatic N) is 2. The van der Waals surface area contributed by atoms with Gasteiger partial charge in [0, 0.05) is 16.2 Å². The quantitative estimate of drug-likeness (QED) is 0.595. The second kappa shape index (κ2) is 8.89. The molecule has 1 aliphatic heterocycles. The smallest absolute Gasteiger partial charge is 0.251 e. The Kier molecular flexibility index (Phi) is 6.06. The van der Waals surface area contributed by atoms with Crippen molar-refractivity contribution in [3.8, 4) is 17.2 Å². The zero-order valence-electron chi connectivity index (χ0n) is 16.7. The summed E-state index contributed by atoms with van der Waals surface area (Å²) in [6.45, 7) is 2.74. The highest BCUT2D eigenvalue weighted by molar-refractivity contribution is 9.10. The number of ether oxygens (including phenoxy) is 3. The van der Waals surface area contributed by atoms with Crippen molar-refractivity contribution in [2.75, 3.05) is 20.3 Å². The number of imidazole rings is 1. The maximum atomic E-state index is 12.9. The van der Waals surface area contributed by atoms with Crippen molar-refractivity contribution in [1.82, 2.24) is 14.9 Å². The van der Waals surface area contributed by atoms with E-state index in [4.69, 9.17) is 14.2 Å². The Morgan fingerprint density at radius 1 is 1.23 bits per heavy atom. The third-order valence-electron chi connectivity index (χ3n) is 4.88. The molecular weight excluding hydrogens is 450 g/mol. The maximum Gasteiger partial charge on any atom is 0.251 e. The van der Waals surface area contributed by atoms with Crippen LogP contribution in [0.3, 0.4) is 0 Å². The summed E-state index contributed by atoms with van der Waals surface area (Å²) in [5.74, 6) is 1.11. The number of hydrogen-bond donors (Lipinski definition) is 1. The number of benzene rings is 2. The molecule has 0 radical (unpaired) electrons. The van der Waals surface area contributed by atoms with Gasteiger partial charge < -0.3 is 24.1 Å². The molecule has 156 valence electrons. The van der Waals surface area contributed by atoms with Crippen molar-refractivity contribution >= 4 is 21.8 Å². The van der Waals surface area contributed by atoms with E-state index < -0.39 is 0 Å². The Morgan fingerprint density at radius 3 is 2.73 bits per heavy atom. The number of nitrogens with one attached hydrogen (secondary N) is 1. The molecule has 0 unspecified atom stereocenters. The van der Waals surface area contributed by atoms with Gasteiger partial charge in [0.25, 0.3) is 5.91 Å². The molecule has 8 heteroatoms. The van der Waals surface area contributed by atoms with Crippen LogP contribution in [0.25, 0.3) is 5.69 Å². The molecule has 4 rings (SSSR count). The van der Waals surface area contributed by atoms with Gasteiger partial charge in [0.15, 0.2) is 0 Å². The molecule has 1 fully saturated rings. The van der Waals surface area contributed by atoms with Crippen LogP contribution >= 0.6 is 15.9 Å². The van der Waals surface area contributed by atoms with E-state index in [0.29, 0.717) is 24.5 Å². The van der Waals surface area contributed by atoms with E-state index in [1.807, 2.05) is 48.0 Å². The van der Waals surface area contributed by atoms with E-state index in [0.717, 1.165) is 21.6 Å². The van der Waals surface area contributed by atoms with Gasteiger partial charge in [0.05, 0.1) is 44.1 Å². The molecule has 0 bridgehead atoms. The van der Waals surface area contributed by atoms with E-state index in [-0.39, 0.29) is 18.1 Å². The SMILES string of the molecule is COc1cc(C(=O)N[C@@H]2COC[C@@H]2Oc2ccc(Br)cc2)ccc1-n1cnc(C)c1. The van der Waals surface area contributed by atoms with Crippen molar-refractivity contribution in [2.24, 2.45) is 0 Å². The number of aromatic nitrogens is 2. The molecule has 3 aromatic rings. The fraction of sp³-hybridized carbons (Fsp3) is 0.273. The Balaban J connectivity index is 1.46. The van der Waals surface area contributed by atoms with Crippen molar-refractivity contribution in [3.05, 3.63) is 70.7 Å². The van der Waals surface area contributed by atoms with Crippen LogP contribution in [0.1, 0.15) is 16.1 Å².